The van der Waals surface area contributed by atoms with E-state index in [1.54, 1.807) is 19.6 Å². The van der Waals surface area contributed by atoms with Crippen LogP contribution in [0.5, 0.6) is 0 Å². The first-order valence-electron chi connectivity index (χ1n) is 13.2. The van der Waals surface area contributed by atoms with Gasteiger partial charge in [-0.25, -0.2) is 0 Å². The Morgan fingerprint density at radius 3 is 1.09 bits per heavy atom. The molecule has 32 heavy (non-hydrogen) atoms. The lowest BCUT2D eigenvalue weighted by molar-refractivity contribution is -0.0125. The molecule has 2 unspecified atom stereocenters. The smallest absolute Gasteiger partial charge is 0.0598 e. The summed E-state index contributed by atoms with van der Waals surface area (Å²) in [5, 5.41) is 0. The standard InChI is InChI=1S/C28H44O2S2/c1-27(2,3)29-15-21-17-7-11-23-24(12-8-18(17)21)32-26-14-10-20-19(9-13-25(26)31-23)22(20)16-30-28(4,5)6/h17-22H,7-16H2,1-6H3/t17-,18+,19+,20-,21?,22?. The highest BCUT2D eigenvalue weighted by atomic mass is 32.2. The molecule has 0 spiro atoms. The summed E-state index contributed by atoms with van der Waals surface area (Å²) < 4.78 is 12.3. The molecule has 0 radical (unpaired) electrons. The molecule has 2 fully saturated rings. The van der Waals surface area contributed by atoms with Gasteiger partial charge in [0.05, 0.1) is 24.4 Å². The minimum Gasteiger partial charge on any atom is -0.376 e. The van der Waals surface area contributed by atoms with Gasteiger partial charge >= 0.3 is 0 Å². The van der Waals surface area contributed by atoms with E-state index in [1.165, 1.54) is 51.4 Å². The zero-order chi connectivity index (χ0) is 22.7. The summed E-state index contributed by atoms with van der Waals surface area (Å²) in [6, 6.07) is 0. The van der Waals surface area contributed by atoms with E-state index in [-0.39, 0.29) is 11.2 Å². The third kappa shape index (κ3) is 5.50. The molecule has 6 atom stereocenters. The quantitative estimate of drug-likeness (QED) is 0.405. The van der Waals surface area contributed by atoms with Crippen LogP contribution >= 0.6 is 23.5 Å². The van der Waals surface area contributed by atoms with Crippen LogP contribution in [0.4, 0.5) is 0 Å². The Balaban J connectivity index is 1.15. The molecular formula is C28H44O2S2. The van der Waals surface area contributed by atoms with Gasteiger partial charge in [0.15, 0.2) is 0 Å². The van der Waals surface area contributed by atoms with E-state index < -0.39 is 0 Å². The molecule has 5 rings (SSSR count). The number of allylic oxidation sites excluding steroid dienone is 4. The summed E-state index contributed by atoms with van der Waals surface area (Å²) in [4.78, 5) is 6.93. The first kappa shape index (κ1) is 23.8. The van der Waals surface area contributed by atoms with E-state index in [0.29, 0.717) is 0 Å². The van der Waals surface area contributed by atoms with Gasteiger partial charge in [0.2, 0.25) is 0 Å². The van der Waals surface area contributed by atoms with Gasteiger partial charge in [-0.1, -0.05) is 23.5 Å². The van der Waals surface area contributed by atoms with Gasteiger partial charge in [-0.05, 0) is 148 Å². The van der Waals surface area contributed by atoms with E-state index in [4.69, 9.17) is 9.47 Å². The minimum atomic E-state index is -0.000364. The molecule has 1 heterocycles. The summed E-state index contributed by atoms with van der Waals surface area (Å²) in [5.74, 6) is 5.31. The number of hydrogen-bond donors (Lipinski definition) is 0. The first-order chi connectivity index (χ1) is 15.1. The van der Waals surface area contributed by atoms with Crippen LogP contribution in [-0.4, -0.2) is 24.4 Å². The number of rotatable bonds is 4. The molecule has 0 N–H and O–H groups in total. The molecule has 0 bridgehead atoms. The summed E-state index contributed by atoms with van der Waals surface area (Å²) in [6.07, 6.45) is 10.8. The lowest BCUT2D eigenvalue weighted by atomic mass is 10.1. The molecular weight excluding hydrogens is 432 g/mol. The van der Waals surface area contributed by atoms with Gasteiger partial charge in [-0.3, -0.25) is 0 Å². The zero-order valence-electron chi connectivity index (χ0n) is 21.2. The maximum absolute atomic E-state index is 6.17. The fourth-order valence-electron chi connectivity index (χ4n) is 6.43. The number of thioether (sulfide) groups is 2. The zero-order valence-corrected chi connectivity index (χ0v) is 22.8. The van der Waals surface area contributed by atoms with Crippen LogP contribution in [0.2, 0.25) is 0 Å². The van der Waals surface area contributed by atoms with Crippen LogP contribution < -0.4 is 0 Å². The van der Waals surface area contributed by atoms with Gasteiger partial charge in [0.25, 0.3) is 0 Å². The Hall–Kier alpha value is 0.1000. The lowest BCUT2D eigenvalue weighted by Gasteiger charge is -2.27. The van der Waals surface area contributed by atoms with E-state index in [2.05, 4.69) is 65.1 Å². The molecule has 5 aliphatic rings. The largest absolute Gasteiger partial charge is 0.376 e. The average Bonchev–Trinajstić information content (AvgIpc) is 3.54. The van der Waals surface area contributed by atoms with Crippen molar-refractivity contribution in [3.05, 3.63) is 19.6 Å². The van der Waals surface area contributed by atoms with E-state index in [1.807, 2.05) is 0 Å². The highest BCUT2D eigenvalue weighted by molar-refractivity contribution is 8.13. The molecule has 0 aromatic carbocycles. The number of fused-ring (bicyclic) bond motifs is 2. The first-order valence-corrected chi connectivity index (χ1v) is 14.8. The van der Waals surface area contributed by atoms with Crippen LogP contribution in [0, 0.1) is 35.5 Å². The highest BCUT2D eigenvalue weighted by Gasteiger charge is 2.51. The fraction of sp³-hybridized carbons (Fsp3) is 0.857. The predicted octanol–water partition coefficient (Wildman–Crippen LogP) is 8.39. The third-order valence-corrected chi connectivity index (χ3v) is 11.4. The molecule has 0 saturated heterocycles. The fourth-order valence-corrected chi connectivity index (χ4v) is 9.26. The van der Waals surface area contributed by atoms with Crippen molar-refractivity contribution >= 4 is 23.5 Å². The van der Waals surface area contributed by atoms with Crippen molar-refractivity contribution in [3.8, 4) is 0 Å². The molecule has 2 nitrogen and oxygen atoms in total. The van der Waals surface area contributed by atoms with Crippen molar-refractivity contribution < 1.29 is 9.47 Å². The molecule has 4 aliphatic carbocycles. The average molecular weight is 477 g/mol. The Morgan fingerprint density at radius 1 is 0.562 bits per heavy atom. The predicted molar refractivity (Wildman–Crippen MR) is 139 cm³/mol. The Bertz CT molecular complexity index is 674. The molecule has 4 heteroatoms. The number of ether oxygens (including phenoxy) is 2. The summed E-state index contributed by atoms with van der Waals surface area (Å²) in [7, 11) is 0. The van der Waals surface area contributed by atoms with Crippen LogP contribution in [0.15, 0.2) is 19.6 Å². The maximum atomic E-state index is 6.17. The van der Waals surface area contributed by atoms with E-state index in [9.17, 15) is 0 Å². The van der Waals surface area contributed by atoms with Gasteiger partial charge in [0.1, 0.15) is 0 Å². The van der Waals surface area contributed by atoms with Gasteiger partial charge < -0.3 is 9.47 Å². The van der Waals surface area contributed by atoms with Crippen LogP contribution in [-0.2, 0) is 9.47 Å². The molecule has 0 amide bonds. The van der Waals surface area contributed by atoms with Crippen molar-refractivity contribution in [2.75, 3.05) is 13.2 Å². The molecule has 2 saturated carbocycles. The topological polar surface area (TPSA) is 18.5 Å². The second-order valence-electron chi connectivity index (χ2n) is 12.9. The Kier molecular flexibility index (Phi) is 6.67. The second kappa shape index (κ2) is 8.95. The minimum absolute atomic E-state index is 0.000364. The van der Waals surface area contributed by atoms with Crippen molar-refractivity contribution in [3.63, 3.8) is 0 Å². The Morgan fingerprint density at radius 2 is 0.844 bits per heavy atom. The Labute approximate surface area is 205 Å². The summed E-state index contributed by atoms with van der Waals surface area (Å²) in [6.45, 7) is 15.1. The SMILES string of the molecule is CC(C)(C)OCC1[C@H]2CCC3=C(CC[C@@H]12)SC1=C(CC[C@H]2C(COC(C)(C)C)[C@H]2CC1)S3. The monoisotopic (exact) mass is 476 g/mol. The van der Waals surface area contributed by atoms with Gasteiger partial charge in [0, 0.05) is 0 Å². The normalized spacial score (nSPS) is 37.3. The van der Waals surface area contributed by atoms with E-state index >= 15 is 0 Å². The maximum Gasteiger partial charge on any atom is 0.0598 e. The second-order valence-corrected chi connectivity index (χ2v) is 15.3. The highest BCUT2D eigenvalue weighted by Crippen LogP contribution is 2.62. The summed E-state index contributed by atoms with van der Waals surface area (Å²) >= 11 is 4.40. The van der Waals surface area contributed by atoms with Crippen molar-refractivity contribution in [1.29, 1.82) is 0 Å². The molecule has 0 aromatic heterocycles. The van der Waals surface area contributed by atoms with Gasteiger partial charge in [-0.2, -0.15) is 0 Å². The molecule has 1 aliphatic heterocycles. The van der Waals surface area contributed by atoms with Crippen LogP contribution in [0.1, 0.15) is 92.9 Å². The van der Waals surface area contributed by atoms with Crippen LogP contribution in [0.25, 0.3) is 0 Å². The summed E-state index contributed by atoms with van der Waals surface area (Å²) in [5.41, 5.74) is -0.000727. The van der Waals surface area contributed by atoms with Crippen LogP contribution in [0.3, 0.4) is 0 Å². The van der Waals surface area contributed by atoms with Crippen molar-refractivity contribution in [2.45, 2.75) is 104 Å². The molecule has 0 aromatic rings. The van der Waals surface area contributed by atoms with Gasteiger partial charge in [-0.15, -0.1) is 0 Å². The number of hydrogen-bond acceptors (Lipinski definition) is 4. The third-order valence-electron chi connectivity index (χ3n) is 8.37. The van der Waals surface area contributed by atoms with E-state index in [0.717, 1.165) is 48.7 Å². The van der Waals surface area contributed by atoms with Crippen molar-refractivity contribution in [1.82, 2.24) is 0 Å². The lowest BCUT2D eigenvalue weighted by Crippen LogP contribution is -2.21. The van der Waals surface area contributed by atoms with Crippen molar-refractivity contribution in [2.24, 2.45) is 35.5 Å². The molecule has 180 valence electrons.